The summed E-state index contributed by atoms with van der Waals surface area (Å²) in [6, 6.07) is 5.55. The number of amides is 2. The van der Waals surface area contributed by atoms with Crippen LogP contribution in [-0.4, -0.2) is 56.7 Å². The highest BCUT2D eigenvalue weighted by atomic mass is 16.5. The van der Waals surface area contributed by atoms with Crippen molar-refractivity contribution in [3.05, 3.63) is 23.8 Å². The van der Waals surface area contributed by atoms with Crippen molar-refractivity contribution in [2.75, 3.05) is 44.9 Å². The largest absolute Gasteiger partial charge is 0.482 e. The minimum Gasteiger partial charge on any atom is -0.482 e. The quantitative estimate of drug-likeness (QED) is 0.793. The first kappa shape index (κ1) is 13.9. The highest BCUT2D eigenvalue weighted by molar-refractivity contribution is 5.97. The maximum absolute atomic E-state index is 12.2. The van der Waals surface area contributed by atoms with Crippen molar-refractivity contribution in [1.29, 1.82) is 0 Å². The van der Waals surface area contributed by atoms with E-state index in [0.717, 1.165) is 11.3 Å². The van der Waals surface area contributed by atoms with Gasteiger partial charge in [-0.05, 0) is 17.7 Å². The fourth-order valence-electron chi connectivity index (χ4n) is 2.53. The van der Waals surface area contributed by atoms with Gasteiger partial charge in [0.1, 0.15) is 5.75 Å². The zero-order chi connectivity index (χ0) is 14.8. The number of morpholine rings is 1. The molecule has 3 rings (SSSR count). The van der Waals surface area contributed by atoms with Crippen molar-refractivity contribution in [2.24, 2.45) is 0 Å². The minimum atomic E-state index is -0.0841. The van der Waals surface area contributed by atoms with Gasteiger partial charge in [-0.25, -0.2) is 0 Å². The fourth-order valence-corrected chi connectivity index (χ4v) is 2.53. The molecule has 2 amide bonds. The first-order valence-electron chi connectivity index (χ1n) is 7.03. The van der Waals surface area contributed by atoms with Gasteiger partial charge in [0, 0.05) is 20.1 Å². The summed E-state index contributed by atoms with van der Waals surface area (Å²) >= 11 is 0. The summed E-state index contributed by atoms with van der Waals surface area (Å²) in [5, 5.41) is 0. The van der Waals surface area contributed by atoms with Gasteiger partial charge in [0.05, 0.1) is 25.3 Å². The Morgan fingerprint density at radius 2 is 2.05 bits per heavy atom. The fraction of sp³-hybridized carbons (Fsp3) is 0.467. The van der Waals surface area contributed by atoms with Crippen LogP contribution in [0.15, 0.2) is 18.2 Å². The first-order valence-corrected chi connectivity index (χ1v) is 7.03. The predicted octanol–water partition coefficient (Wildman–Crippen LogP) is 0.443. The lowest BCUT2D eigenvalue weighted by atomic mass is 10.1. The van der Waals surface area contributed by atoms with Crippen LogP contribution in [0.25, 0.3) is 0 Å². The monoisotopic (exact) mass is 290 g/mol. The lowest BCUT2D eigenvalue weighted by Gasteiger charge is -2.28. The molecule has 0 unspecified atom stereocenters. The third-order valence-electron chi connectivity index (χ3n) is 3.83. The van der Waals surface area contributed by atoms with E-state index in [1.54, 1.807) is 11.9 Å². The van der Waals surface area contributed by atoms with E-state index in [0.29, 0.717) is 38.5 Å². The maximum Gasteiger partial charge on any atom is 0.264 e. The van der Waals surface area contributed by atoms with E-state index in [-0.39, 0.29) is 18.4 Å². The van der Waals surface area contributed by atoms with Gasteiger partial charge in [-0.1, -0.05) is 6.07 Å². The molecule has 0 N–H and O–H groups in total. The molecule has 1 saturated heterocycles. The van der Waals surface area contributed by atoms with E-state index in [1.165, 1.54) is 0 Å². The standard InChI is InChI=1S/C15H18N2O4/c1-16-12-8-11(2-3-13(12)21-10-15(16)19)9-14(18)17-4-6-20-7-5-17/h2-3,8H,4-7,9-10H2,1H3. The Bertz CT molecular complexity index is 567. The molecular formula is C15H18N2O4. The molecule has 6 heteroatoms. The average Bonchev–Trinajstić information content (AvgIpc) is 2.52. The van der Waals surface area contributed by atoms with Crippen molar-refractivity contribution in [1.82, 2.24) is 4.90 Å². The van der Waals surface area contributed by atoms with Crippen LogP contribution < -0.4 is 9.64 Å². The molecule has 0 saturated carbocycles. The molecule has 6 nitrogen and oxygen atoms in total. The van der Waals surface area contributed by atoms with E-state index in [2.05, 4.69) is 0 Å². The van der Waals surface area contributed by atoms with E-state index in [1.807, 2.05) is 23.1 Å². The Morgan fingerprint density at radius 1 is 1.29 bits per heavy atom. The molecule has 0 bridgehead atoms. The van der Waals surface area contributed by atoms with Crippen LogP contribution in [0.1, 0.15) is 5.56 Å². The van der Waals surface area contributed by atoms with Gasteiger partial charge < -0.3 is 19.3 Å². The average molecular weight is 290 g/mol. The van der Waals surface area contributed by atoms with Gasteiger partial charge in [0.15, 0.2) is 6.61 Å². The Balaban J connectivity index is 1.74. The number of carbonyl (C=O) groups excluding carboxylic acids is 2. The molecule has 0 aromatic heterocycles. The van der Waals surface area contributed by atoms with E-state index in [4.69, 9.17) is 9.47 Å². The number of ether oxygens (including phenoxy) is 2. The number of hydrogen-bond acceptors (Lipinski definition) is 4. The Labute approximate surface area is 123 Å². The highest BCUT2D eigenvalue weighted by Gasteiger charge is 2.23. The van der Waals surface area contributed by atoms with Crippen molar-refractivity contribution in [2.45, 2.75) is 6.42 Å². The molecule has 0 radical (unpaired) electrons. The number of fused-ring (bicyclic) bond motifs is 1. The van der Waals surface area contributed by atoms with Crippen LogP contribution in [0.4, 0.5) is 5.69 Å². The van der Waals surface area contributed by atoms with Gasteiger partial charge >= 0.3 is 0 Å². The van der Waals surface area contributed by atoms with Crippen LogP contribution in [-0.2, 0) is 20.7 Å². The third-order valence-corrected chi connectivity index (χ3v) is 3.83. The number of anilines is 1. The summed E-state index contributed by atoms with van der Waals surface area (Å²) in [5.74, 6) is 0.683. The van der Waals surface area contributed by atoms with Crippen molar-refractivity contribution < 1.29 is 19.1 Å². The van der Waals surface area contributed by atoms with Gasteiger partial charge in [0.25, 0.3) is 5.91 Å². The molecule has 2 aliphatic heterocycles. The molecule has 0 atom stereocenters. The SMILES string of the molecule is CN1C(=O)COc2ccc(CC(=O)N3CCOCC3)cc21. The third kappa shape index (κ3) is 2.85. The molecule has 1 aromatic rings. The van der Waals surface area contributed by atoms with Gasteiger partial charge in [-0.15, -0.1) is 0 Å². The van der Waals surface area contributed by atoms with Crippen LogP contribution in [0, 0.1) is 0 Å². The second-order valence-corrected chi connectivity index (χ2v) is 5.21. The van der Waals surface area contributed by atoms with Gasteiger partial charge in [0.2, 0.25) is 5.91 Å². The summed E-state index contributed by atoms with van der Waals surface area (Å²) in [4.78, 5) is 27.3. The Hall–Kier alpha value is -2.08. The number of rotatable bonds is 2. The lowest BCUT2D eigenvalue weighted by Crippen LogP contribution is -2.41. The summed E-state index contributed by atoms with van der Waals surface area (Å²) in [6.07, 6.45) is 0.329. The molecular weight excluding hydrogens is 272 g/mol. The summed E-state index contributed by atoms with van der Waals surface area (Å²) in [5.41, 5.74) is 1.61. The zero-order valence-electron chi connectivity index (χ0n) is 12.0. The topological polar surface area (TPSA) is 59.1 Å². The maximum atomic E-state index is 12.2. The predicted molar refractivity (Wildman–Crippen MR) is 76.5 cm³/mol. The smallest absolute Gasteiger partial charge is 0.264 e. The second kappa shape index (κ2) is 5.73. The molecule has 21 heavy (non-hydrogen) atoms. The summed E-state index contributed by atoms with van der Waals surface area (Å²) in [6.45, 7) is 2.55. The number of hydrogen-bond donors (Lipinski definition) is 0. The molecule has 2 aliphatic rings. The van der Waals surface area contributed by atoms with Gasteiger partial charge in [-0.3, -0.25) is 9.59 Å². The lowest BCUT2D eigenvalue weighted by molar-refractivity contribution is -0.134. The number of carbonyl (C=O) groups is 2. The van der Waals surface area contributed by atoms with Crippen molar-refractivity contribution in [3.63, 3.8) is 0 Å². The normalized spacial score (nSPS) is 18.2. The van der Waals surface area contributed by atoms with Crippen molar-refractivity contribution >= 4 is 17.5 Å². The van der Waals surface area contributed by atoms with E-state index >= 15 is 0 Å². The summed E-state index contributed by atoms with van der Waals surface area (Å²) < 4.78 is 10.6. The molecule has 2 heterocycles. The highest BCUT2D eigenvalue weighted by Crippen LogP contribution is 2.32. The molecule has 0 aliphatic carbocycles. The number of nitrogens with zero attached hydrogens (tertiary/aromatic N) is 2. The van der Waals surface area contributed by atoms with E-state index < -0.39 is 0 Å². The zero-order valence-corrected chi connectivity index (χ0v) is 12.0. The second-order valence-electron chi connectivity index (χ2n) is 5.21. The molecule has 1 aromatic carbocycles. The number of benzene rings is 1. The van der Waals surface area contributed by atoms with Crippen LogP contribution >= 0.6 is 0 Å². The number of likely N-dealkylation sites (N-methyl/N-ethyl adjacent to an activating group) is 1. The Morgan fingerprint density at radius 3 is 2.81 bits per heavy atom. The van der Waals surface area contributed by atoms with Crippen molar-refractivity contribution in [3.8, 4) is 5.75 Å². The van der Waals surface area contributed by atoms with Crippen LogP contribution in [0.3, 0.4) is 0 Å². The summed E-state index contributed by atoms with van der Waals surface area (Å²) in [7, 11) is 1.72. The minimum absolute atomic E-state index is 0.0650. The van der Waals surface area contributed by atoms with Crippen LogP contribution in [0.2, 0.25) is 0 Å². The van der Waals surface area contributed by atoms with Gasteiger partial charge in [-0.2, -0.15) is 0 Å². The molecule has 1 fully saturated rings. The van der Waals surface area contributed by atoms with Crippen LogP contribution in [0.5, 0.6) is 5.75 Å². The Kier molecular flexibility index (Phi) is 3.79. The van der Waals surface area contributed by atoms with E-state index in [9.17, 15) is 9.59 Å². The first-order chi connectivity index (χ1) is 10.1. The molecule has 112 valence electrons. The molecule has 0 spiro atoms.